The van der Waals surface area contributed by atoms with Gasteiger partial charge in [-0.05, 0) is 73.7 Å². The van der Waals surface area contributed by atoms with Gasteiger partial charge in [0.1, 0.15) is 0 Å². The number of carbonyl (C=O) groups excluding carboxylic acids is 1. The fraction of sp³-hybridized carbons (Fsp3) is 0.810. The zero-order valence-corrected chi connectivity index (χ0v) is 15.7. The van der Waals surface area contributed by atoms with Crippen LogP contribution in [0.25, 0.3) is 0 Å². The van der Waals surface area contributed by atoms with E-state index in [1.807, 2.05) is 11.9 Å². The van der Waals surface area contributed by atoms with E-state index in [-0.39, 0.29) is 16.7 Å². The van der Waals surface area contributed by atoms with E-state index in [0.717, 1.165) is 19.3 Å². The molecule has 0 aromatic heterocycles. The molecule has 0 aromatic carbocycles. The van der Waals surface area contributed by atoms with Crippen LogP contribution in [0.3, 0.4) is 0 Å². The summed E-state index contributed by atoms with van der Waals surface area (Å²) in [6, 6.07) is 0.326. The molecule has 4 rings (SSSR count). The summed E-state index contributed by atoms with van der Waals surface area (Å²) in [7, 11) is 1.96. The number of hydrogen-bond acceptors (Lipinski definition) is 2. The number of aliphatic carboxylic acids is 1. The van der Waals surface area contributed by atoms with E-state index < -0.39 is 5.97 Å². The van der Waals surface area contributed by atoms with Gasteiger partial charge in [-0.3, -0.25) is 9.59 Å². The Balaban J connectivity index is 1.63. The number of carboxylic acid groups (broad SMARTS) is 1. The van der Waals surface area contributed by atoms with Crippen molar-refractivity contribution in [3.05, 3.63) is 12.2 Å². The van der Waals surface area contributed by atoms with Gasteiger partial charge in [-0.25, -0.2) is 0 Å². The van der Waals surface area contributed by atoms with Gasteiger partial charge in [0.05, 0.1) is 0 Å². The molecule has 0 spiro atoms. The van der Waals surface area contributed by atoms with Crippen molar-refractivity contribution in [2.45, 2.75) is 64.8 Å². The lowest BCUT2D eigenvalue weighted by Gasteiger charge is -2.60. The van der Waals surface area contributed by atoms with Crippen LogP contribution in [0.1, 0.15) is 58.8 Å². The van der Waals surface area contributed by atoms with Crippen molar-refractivity contribution in [1.29, 1.82) is 0 Å². The molecule has 3 fully saturated rings. The first-order chi connectivity index (χ1) is 11.8. The maximum Gasteiger partial charge on any atom is 0.303 e. The Bertz CT molecular complexity index is 629. The van der Waals surface area contributed by atoms with Gasteiger partial charge in [-0.15, -0.1) is 0 Å². The maximum atomic E-state index is 12.1. The summed E-state index contributed by atoms with van der Waals surface area (Å²) in [5.74, 6) is 1.81. The van der Waals surface area contributed by atoms with Crippen molar-refractivity contribution in [2.75, 3.05) is 7.05 Å². The standard InChI is InChI=1S/C21H31NO3/c1-20-10-8-16-14(15(20)6-4-13(20)12-19(24)25)5-7-17-21(16,2)11-9-18(23)22(17)3/h9,11,13-17H,4-8,10,12H2,1-3H3,(H,24,25)/t13-,14?,15?,16?,17?,20?,21-/m1/s1. The van der Waals surface area contributed by atoms with Crippen LogP contribution in [0, 0.1) is 34.5 Å². The Morgan fingerprint density at radius 2 is 1.96 bits per heavy atom. The summed E-state index contributed by atoms with van der Waals surface area (Å²) in [6.07, 6.45) is 11.2. The van der Waals surface area contributed by atoms with Gasteiger partial charge in [0, 0.05) is 24.9 Å². The predicted octanol–water partition coefficient (Wildman–Crippen LogP) is 3.72. The summed E-state index contributed by atoms with van der Waals surface area (Å²) in [5, 5.41) is 9.31. The van der Waals surface area contributed by atoms with Gasteiger partial charge in [0.15, 0.2) is 0 Å². The van der Waals surface area contributed by atoms with Gasteiger partial charge < -0.3 is 10.0 Å². The molecular weight excluding hydrogens is 314 g/mol. The van der Waals surface area contributed by atoms with Crippen molar-refractivity contribution in [3.63, 3.8) is 0 Å². The molecule has 4 aliphatic rings. The fourth-order valence-corrected chi connectivity index (χ4v) is 7.39. The Labute approximate surface area is 150 Å². The van der Waals surface area contributed by atoms with Crippen molar-refractivity contribution in [3.8, 4) is 0 Å². The zero-order valence-electron chi connectivity index (χ0n) is 15.7. The van der Waals surface area contributed by atoms with Crippen LogP contribution in [0.15, 0.2) is 12.2 Å². The monoisotopic (exact) mass is 345 g/mol. The molecule has 0 aromatic rings. The van der Waals surface area contributed by atoms with Crippen LogP contribution >= 0.6 is 0 Å². The highest BCUT2D eigenvalue weighted by atomic mass is 16.4. The van der Waals surface area contributed by atoms with Crippen molar-refractivity contribution in [2.24, 2.45) is 34.5 Å². The quantitative estimate of drug-likeness (QED) is 0.830. The van der Waals surface area contributed by atoms with Gasteiger partial charge in [0.25, 0.3) is 0 Å². The molecule has 0 saturated heterocycles. The number of amides is 1. The first-order valence-corrected chi connectivity index (χ1v) is 9.95. The van der Waals surface area contributed by atoms with Crippen LogP contribution in [-0.4, -0.2) is 35.0 Å². The molecular formula is C21H31NO3. The van der Waals surface area contributed by atoms with E-state index in [0.29, 0.717) is 36.1 Å². The third-order valence-electron chi connectivity index (χ3n) is 8.75. The van der Waals surface area contributed by atoms with Crippen LogP contribution in [0.4, 0.5) is 0 Å². The lowest BCUT2D eigenvalue weighted by atomic mass is 9.47. The van der Waals surface area contributed by atoms with Gasteiger partial charge in [0.2, 0.25) is 5.91 Å². The van der Waals surface area contributed by atoms with Crippen LogP contribution < -0.4 is 0 Å². The largest absolute Gasteiger partial charge is 0.481 e. The van der Waals surface area contributed by atoms with Gasteiger partial charge in [-0.2, -0.15) is 0 Å². The third kappa shape index (κ3) is 2.32. The number of likely N-dealkylation sites (N-methyl/N-ethyl adjacent to an activating group) is 1. The Morgan fingerprint density at radius 3 is 2.68 bits per heavy atom. The maximum absolute atomic E-state index is 12.1. The first-order valence-electron chi connectivity index (χ1n) is 9.95. The number of fused-ring (bicyclic) bond motifs is 5. The molecule has 4 nitrogen and oxygen atoms in total. The molecule has 3 aliphatic carbocycles. The number of rotatable bonds is 2. The van der Waals surface area contributed by atoms with E-state index in [4.69, 9.17) is 0 Å². The minimum atomic E-state index is -0.639. The first kappa shape index (κ1) is 17.1. The SMILES string of the molecule is CN1C(=O)C=C[C@]2(C)C3CCC4(C)C(CC[C@@H]4CC(=O)O)C3CCC12. The molecule has 0 bridgehead atoms. The highest BCUT2D eigenvalue weighted by Gasteiger charge is 2.60. The molecule has 1 heterocycles. The number of nitrogens with zero attached hydrogens (tertiary/aromatic N) is 1. The molecule has 138 valence electrons. The van der Waals surface area contributed by atoms with Crippen molar-refractivity contribution >= 4 is 11.9 Å². The summed E-state index contributed by atoms with van der Waals surface area (Å²) in [6.45, 7) is 4.73. The molecule has 7 atom stereocenters. The highest BCUT2D eigenvalue weighted by molar-refractivity contribution is 5.89. The van der Waals surface area contributed by atoms with Crippen molar-refractivity contribution < 1.29 is 14.7 Å². The number of hydrogen-bond donors (Lipinski definition) is 1. The lowest BCUT2D eigenvalue weighted by Crippen LogP contribution is -2.59. The molecule has 5 unspecified atom stereocenters. The van der Waals surface area contributed by atoms with E-state index in [2.05, 4.69) is 19.9 Å². The topological polar surface area (TPSA) is 57.6 Å². The summed E-state index contributed by atoms with van der Waals surface area (Å²) < 4.78 is 0. The lowest BCUT2D eigenvalue weighted by molar-refractivity contribution is -0.142. The van der Waals surface area contributed by atoms with Gasteiger partial charge in [-0.1, -0.05) is 19.9 Å². The Morgan fingerprint density at radius 1 is 1.20 bits per heavy atom. The van der Waals surface area contributed by atoms with Crippen molar-refractivity contribution in [1.82, 2.24) is 4.90 Å². The Kier molecular flexibility index (Phi) is 3.82. The molecule has 3 saturated carbocycles. The van der Waals surface area contributed by atoms with E-state index in [1.54, 1.807) is 6.08 Å². The van der Waals surface area contributed by atoms with E-state index in [9.17, 15) is 14.7 Å². The highest BCUT2D eigenvalue weighted by Crippen LogP contribution is 2.65. The second-order valence-corrected chi connectivity index (χ2v) is 9.54. The fourth-order valence-electron chi connectivity index (χ4n) is 7.39. The average molecular weight is 345 g/mol. The molecule has 4 heteroatoms. The third-order valence-corrected chi connectivity index (χ3v) is 8.75. The minimum absolute atomic E-state index is 0.0811. The minimum Gasteiger partial charge on any atom is -0.481 e. The normalized spacial score (nSPS) is 48.7. The number of carboxylic acids is 1. The average Bonchev–Trinajstić information content (AvgIpc) is 2.88. The van der Waals surface area contributed by atoms with Gasteiger partial charge >= 0.3 is 5.97 Å². The molecule has 1 amide bonds. The zero-order chi connectivity index (χ0) is 18.0. The molecule has 0 radical (unpaired) electrons. The molecule has 1 N–H and O–H groups in total. The summed E-state index contributed by atoms with van der Waals surface area (Å²) in [5.41, 5.74) is 0.278. The predicted molar refractivity (Wildman–Crippen MR) is 95.8 cm³/mol. The summed E-state index contributed by atoms with van der Waals surface area (Å²) >= 11 is 0. The van der Waals surface area contributed by atoms with Crippen LogP contribution in [0.2, 0.25) is 0 Å². The second-order valence-electron chi connectivity index (χ2n) is 9.54. The van der Waals surface area contributed by atoms with E-state index >= 15 is 0 Å². The van der Waals surface area contributed by atoms with Crippen LogP contribution in [-0.2, 0) is 9.59 Å². The van der Waals surface area contributed by atoms with Crippen LogP contribution in [0.5, 0.6) is 0 Å². The second kappa shape index (κ2) is 5.59. The van der Waals surface area contributed by atoms with E-state index in [1.165, 1.54) is 19.3 Å². The smallest absolute Gasteiger partial charge is 0.303 e. The summed E-state index contributed by atoms with van der Waals surface area (Å²) in [4.78, 5) is 25.4. The Hall–Kier alpha value is -1.32. The molecule has 1 aliphatic heterocycles. The molecule has 25 heavy (non-hydrogen) atoms. The number of carbonyl (C=O) groups is 2.